The molecule has 2 rings (SSSR count). The number of anilines is 1. The Kier molecular flexibility index (Phi) is 4.63. The molecule has 0 radical (unpaired) electrons. The van der Waals surface area contributed by atoms with Gasteiger partial charge in [-0.1, -0.05) is 43.3 Å². The van der Waals surface area contributed by atoms with Crippen LogP contribution in [0.1, 0.15) is 34.3 Å². The molecule has 0 heterocycles. The second-order valence-corrected chi connectivity index (χ2v) is 5.57. The topological polar surface area (TPSA) is 46.3 Å². The number of hydrogen-bond acceptors (Lipinski definition) is 2. The molecular formula is C18H22N2O. The van der Waals surface area contributed by atoms with Gasteiger partial charge in [-0.2, -0.15) is 0 Å². The normalized spacial score (nSPS) is 12.0. The van der Waals surface area contributed by atoms with Crippen LogP contribution < -0.4 is 5.73 Å². The molecule has 3 nitrogen and oxygen atoms in total. The molecule has 21 heavy (non-hydrogen) atoms. The van der Waals surface area contributed by atoms with Crippen molar-refractivity contribution in [1.82, 2.24) is 4.90 Å². The summed E-state index contributed by atoms with van der Waals surface area (Å²) in [6.07, 6.45) is 0. The van der Waals surface area contributed by atoms with E-state index in [9.17, 15) is 4.79 Å². The van der Waals surface area contributed by atoms with E-state index in [1.165, 1.54) is 5.56 Å². The van der Waals surface area contributed by atoms with Crippen LogP contribution in [0.15, 0.2) is 48.5 Å². The van der Waals surface area contributed by atoms with Crippen LogP contribution in [0.5, 0.6) is 0 Å². The summed E-state index contributed by atoms with van der Waals surface area (Å²) < 4.78 is 0. The summed E-state index contributed by atoms with van der Waals surface area (Å²) in [4.78, 5) is 14.2. The van der Waals surface area contributed by atoms with Gasteiger partial charge in [0.15, 0.2) is 0 Å². The van der Waals surface area contributed by atoms with Gasteiger partial charge in [0.25, 0.3) is 5.91 Å². The minimum Gasteiger partial charge on any atom is -0.398 e. The van der Waals surface area contributed by atoms with Crippen LogP contribution in [-0.4, -0.2) is 24.4 Å². The summed E-state index contributed by atoms with van der Waals surface area (Å²) >= 11 is 0. The monoisotopic (exact) mass is 282 g/mol. The van der Waals surface area contributed by atoms with Gasteiger partial charge < -0.3 is 10.6 Å². The van der Waals surface area contributed by atoms with Crippen LogP contribution in [0.4, 0.5) is 5.69 Å². The maximum absolute atomic E-state index is 12.4. The zero-order valence-corrected chi connectivity index (χ0v) is 12.8. The predicted molar refractivity (Wildman–Crippen MR) is 87.4 cm³/mol. The van der Waals surface area contributed by atoms with E-state index in [1.807, 2.05) is 44.3 Å². The highest BCUT2D eigenvalue weighted by molar-refractivity contribution is 5.95. The lowest BCUT2D eigenvalue weighted by atomic mass is 10.0. The van der Waals surface area contributed by atoms with Crippen LogP contribution in [0.3, 0.4) is 0 Å². The molecule has 0 aliphatic heterocycles. The largest absolute Gasteiger partial charge is 0.398 e. The van der Waals surface area contributed by atoms with Gasteiger partial charge in [0.05, 0.1) is 0 Å². The van der Waals surface area contributed by atoms with Crippen molar-refractivity contribution in [2.45, 2.75) is 19.8 Å². The maximum atomic E-state index is 12.4. The molecule has 2 aromatic carbocycles. The molecule has 2 aromatic rings. The lowest BCUT2D eigenvalue weighted by Gasteiger charge is -2.22. The van der Waals surface area contributed by atoms with Crippen LogP contribution in [0, 0.1) is 6.92 Å². The highest BCUT2D eigenvalue weighted by atomic mass is 16.2. The van der Waals surface area contributed by atoms with Crippen molar-refractivity contribution in [2.75, 3.05) is 19.3 Å². The van der Waals surface area contributed by atoms with Gasteiger partial charge >= 0.3 is 0 Å². The minimum absolute atomic E-state index is 0.00415. The van der Waals surface area contributed by atoms with Gasteiger partial charge in [-0.15, -0.1) is 0 Å². The third-order valence-corrected chi connectivity index (χ3v) is 3.79. The fourth-order valence-corrected chi connectivity index (χ4v) is 2.37. The highest BCUT2D eigenvalue weighted by Crippen LogP contribution is 2.18. The van der Waals surface area contributed by atoms with Crippen molar-refractivity contribution in [2.24, 2.45) is 0 Å². The second kappa shape index (κ2) is 6.44. The molecule has 1 atom stereocenters. The predicted octanol–water partition coefficient (Wildman–Crippen LogP) is 3.45. The Morgan fingerprint density at radius 3 is 2.48 bits per heavy atom. The smallest absolute Gasteiger partial charge is 0.253 e. The summed E-state index contributed by atoms with van der Waals surface area (Å²) in [5, 5.41) is 0. The minimum atomic E-state index is 0.00415. The Balaban J connectivity index is 2.07. The van der Waals surface area contributed by atoms with Crippen LogP contribution in [-0.2, 0) is 0 Å². The summed E-state index contributed by atoms with van der Waals surface area (Å²) in [6, 6.07) is 15.7. The number of carbonyl (C=O) groups is 1. The molecule has 3 heteroatoms. The van der Waals surface area contributed by atoms with E-state index in [0.717, 1.165) is 5.56 Å². The number of nitrogens with zero attached hydrogens (tertiary/aromatic N) is 1. The van der Waals surface area contributed by atoms with E-state index < -0.39 is 0 Å². The number of hydrogen-bond donors (Lipinski definition) is 1. The number of nitrogens with two attached hydrogens (primary N) is 1. The number of benzene rings is 2. The Bertz CT molecular complexity index is 622. The highest BCUT2D eigenvalue weighted by Gasteiger charge is 2.16. The lowest BCUT2D eigenvalue weighted by Crippen LogP contribution is -2.30. The average Bonchev–Trinajstić information content (AvgIpc) is 2.50. The number of aryl methyl sites for hydroxylation is 1. The molecule has 2 N–H and O–H groups in total. The van der Waals surface area contributed by atoms with Crippen molar-refractivity contribution in [3.05, 3.63) is 65.2 Å². The Morgan fingerprint density at radius 2 is 1.86 bits per heavy atom. The summed E-state index contributed by atoms with van der Waals surface area (Å²) in [5.74, 6) is 0.299. The number of nitrogen functional groups attached to an aromatic ring is 1. The summed E-state index contributed by atoms with van der Waals surface area (Å²) in [6.45, 7) is 4.74. The van der Waals surface area contributed by atoms with Crippen LogP contribution in [0.2, 0.25) is 0 Å². The fraction of sp³-hybridized carbons (Fsp3) is 0.278. The third kappa shape index (κ3) is 3.63. The van der Waals surface area contributed by atoms with Crippen LogP contribution >= 0.6 is 0 Å². The van der Waals surface area contributed by atoms with Gasteiger partial charge in [0.1, 0.15) is 0 Å². The molecule has 0 spiro atoms. The average molecular weight is 282 g/mol. The second-order valence-electron chi connectivity index (χ2n) is 5.57. The SMILES string of the molecule is Cc1ccc(C(=O)N(C)C[C@@H](C)c2ccccc2)cc1N. The molecule has 0 aromatic heterocycles. The van der Waals surface area contributed by atoms with Gasteiger partial charge in [0, 0.05) is 24.8 Å². The molecule has 0 bridgehead atoms. The molecule has 0 saturated carbocycles. The van der Waals surface area contributed by atoms with Crippen molar-refractivity contribution in [3.8, 4) is 0 Å². The maximum Gasteiger partial charge on any atom is 0.253 e. The lowest BCUT2D eigenvalue weighted by molar-refractivity contribution is 0.0788. The molecule has 1 amide bonds. The number of amides is 1. The Hall–Kier alpha value is -2.29. The summed E-state index contributed by atoms with van der Waals surface area (Å²) in [5.41, 5.74) is 9.41. The molecule has 0 aliphatic carbocycles. The van der Waals surface area contributed by atoms with E-state index >= 15 is 0 Å². The molecule has 0 aliphatic rings. The van der Waals surface area contributed by atoms with E-state index in [0.29, 0.717) is 23.7 Å². The van der Waals surface area contributed by atoms with Gasteiger partial charge in [-0.25, -0.2) is 0 Å². The molecule has 0 saturated heterocycles. The zero-order chi connectivity index (χ0) is 15.4. The Labute approximate surface area is 126 Å². The number of carbonyl (C=O) groups excluding carboxylic acids is 1. The summed E-state index contributed by atoms with van der Waals surface area (Å²) in [7, 11) is 1.83. The van der Waals surface area contributed by atoms with E-state index in [2.05, 4.69) is 19.1 Å². The quantitative estimate of drug-likeness (QED) is 0.873. The molecule has 0 unspecified atom stereocenters. The first-order valence-corrected chi connectivity index (χ1v) is 7.15. The first-order valence-electron chi connectivity index (χ1n) is 7.15. The molecular weight excluding hydrogens is 260 g/mol. The molecule has 0 fully saturated rings. The zero-order valence-electron chi connectivity index (χ0n) is 12.8. The fourth-order valence-electron chi connectivity index (χ4n) is 2.37. The van der Waals surface area contributed by atoms with Crippen molar-refractivity contribution < 1.29 is 4.79 Å². The van der Waals surface area contributed by atoms with Gasteiger partial charge in [-0.3, -0.25) is 4.79 Å². The first-order chi connectivity index (χ1) is 9.99. The van der Waals surface area contributed by atoms with Gasteiger partial charge in [-0.05, 0) is 36.1 Å². The Morgan fingerprint density at radius 1 is 1.19 bits per heavy atom. The van der Waals surface area contributed by atoms with E-state index in [4.69, 9.17) is 5.73 Å². The number of rotatable bonds is 4. The van der Waals surface area contributed by atoms with Crippen molar-refractivity contribution in [3.63, 3.8) is 0 Å². The number of likely N-dealkylation sites (N-methyl/N-ethyl adjacent to an activating group) is 1. The van der Waals surface area contributed by atoms with Crippen LogP contribution in [0.25, 0.3) is 0 Å². The van der Waals surface area contributed by atoms with Crippen molar-refractivity contribution in [1.29, 1.82) is 0 Å². The molecule has 110 valence electrons. The third-order valence-electron chi connectivity index (χ3n) is 3.79. The first kappa shape index (κ1) is 15.1. The van der Waals surface area contributed by atoms with E-state index in [1.54, 1.807) is 11.0 Å². The van der Waals surface area contributed by atoms with Crippen molar-refractivity contribution >= 4 is 11.6 Å². The van der Waals surface area contributed by atoms with Gasteiger partial charge in [0.2, 0.25) is 0 Å². The standard InChI is InChI=1S/C18H22N2O/c1-13-9-10-16(11-17(13)19)18(21)20(3)12-14(2)15-7-5-4-6-8-15/h4-11,14H,12,19H2,1-3H3/t14-/m1/s1. The van der Waals surface area contributed by atoms with E-state index in [-0.39, 0.29) is 5.91 Å².